The van der Waals surface area contributed by atoms with Crippen LogP contribution < -0.4 is 0 Å². The van der Waals surface area contributed by atoms with Gasteiger partial charge in [0.05, 0.1) is 16.3 Å². The van der Waals surface area contributed by atoms with Crippen molar-refractivity contribution in [1.29, 1.82) is 0 Å². The average molecular weight is 264 g/mol. The number of non-ortho nitro benzene ring substituents is 1. The van der Waals surface area contributed by atoms with Crippen LogP contribution >= 0.6 is 0 Å². The van der Waals surface area contributed by atoms with Gasteiger partial charge in [0.15, 0.2) is 0 Å². The first-order chi connectivity index (χ1) is 9.68. The second kappa shape index (κ2) is 3.54. The van der Waals surface area contributed by atoms with Crippen molar-refractivity contribution in [3.05, 3.63) is 69.9 Å². The predicted octanol–water partition coefficient (Wildman–Crippen LogP) is 3.08. The van der Waals surface area contributed by atoms with Crippen molar-refractivity contribution < 1.29 is 9.72 Å². The van der Waals surface area contributed by atoms with Gasteiger partial charge in [-0.3, -0.25) is 19.5 Å². The molecule has 0 amide bonds. The highest BCUT2D eigenvalue weighted by Crippen LogP contribution is 2.37. The molecule has 20 heavy (non-hydrogen) atoms. The first-order valence-corrected chi connectivity index (χ1v) is 6.11. The van der Waals surface area contributed by atoms with Crippen LogP contribution in [0.5, 0.6) is 0 Å². The molecular formula is C15H8N2O3. The smallest absolute Gasteiger partial charge is 0.293 e. The molecule has 5 nitrogen and oxygen atoms in total. The van der Waals surface area contributed by atoms with Gasteiger partial charge in [-0.2, -0.15) is 0 Å². The van der Waals surface area contributed by atoms with E-state index in [-0.39, 0.29) is 11.5 Å². The summed E-state index contributed by atoms with van der Waals surface area (Å²) in [5.74, 6) is -0.0916. The number of aromatic nitrogens is 1. The minimum absolute atomic E-state index is 0.0123. The van der Waals surface area contributed by atoms with Gasteiger partial charge in [0.25, 0.3) is 5.69 Å². The third kappa shape index (κ3) is 1.19. The molecule has 4 rings (SSSR count). The van der Waals surface area contributed by atoms with E-state index < -0.39 is 4.92 Å². The summed E-state index contributed by atoms with van der Waals surface area (Å²) in [7, 11) is 0. The Kier molecular flexibility index (Phi) is 1.93. The summed E-state index contributed by atoms with van der Waals surface area (Å²) < 4.78 is 1.69. The van der Waals surface area contributed by atoms with E-state index in [0.717, 1.165) is 0 Å². The molecule has 1 aliphatic heterocycles. The fraction of sp³-hybridized carbons (Fsp3) is 0. The average Bonchev–Trinajstić information content (AvgIpc) is 2.96. The molecule has 0 spiro atoms. The number of nitrogens with zero attached hydrogens (tertiary/aromatic N) is 2. The molecule has 0 fully saturated rings. The Morgan fingerprint density at radius 2 is 1.85 bits per heavy atom. The molecular weight excluding hydrogens is 256 g/mol. The maximum atomic E-state index is 12.3. The molecule has 0 unspecified atom stereocenters. The first kappa shape index (κ1) is 10.9. The zero-order chi connectivity index (χ0) is 13.9. The van der Waals surface area contributed by atoms with Crippen LogP contribution in [0.2, 0.25) is 0 Å². The van der Waals surface area contributed by atoms with Crippen LogP contribution in [0.3, 0.4) is 0 Å². The number of rotatable bonds is 1. The lowest BCUT2D eigenvalue weighted by atomic mass is 10.1. The Hall–Kier alpha value is -2.95. The second-order valence-corrected chi connectivity index (χ2v) is 4.68. The van der Waals surface area contributed by atoms with Crippen molar-refractivity contribution in [2.45, 2.75) is 0 Å². The van der Waals surface area contributed by atoms with Gasteiger partial charge in [-0.15, -0.1) is 0 Å². The summed E-state index contributed by atoms with van der Waals surface area (Å²) in [6.07, 6.45) is 0. The summed E-state index contributed by atoms with van der Waals surface area (Å²) >= 11 is 0. The minimum Gasteiger partial charge on any atom is -0.299 e. The van der Waals surface area contributed by atoms with E-state index in [9.17, 15) is 14.9 Å². The molecule has 0 bridgehead atoms. The second-order valence-electron chi connectivity index (χ2n) is 4.68. The summed E-state index contributed by atoms with van der Waals surface area (Å²) in [5, 5.41) is 11.9. The molecule has 5 heteroatoms. The van der Waals surface area contributed by atoms with Gasteiger partial charge in [0.2, 0.25) is 5.78 Å². The number of fused-ring (bicyclic) bond motifs is 5. The topological polar surface area (TPSA) is 65.1 Å². The lowest BCUT2D eigenvalue weighted by Crippen LogP contribution is -1.96. The fourth-order valence-electron chi connectivity index (χ4n) is 2.80. The number of nitro groups is 1. The predicted molar refractivity (Wildman–Crippen MR) is 73.4 cm³/mol. The van der Waals surface area contributed by atoms with Gasteiger partial charge in [-0.05, 0) is 18.2 Å². The van der Waals surface area contributed by atoms with Crippen LogP contribution in [0.4, 0.5) is 5.69 Å². The minimum atomic E-state index is -0.416. The normalized spacial score (nSPS) is 12.5. The Morgan fingerprint density at radius 1 is 1.05 bits per heavy atom. The molecule has 3 aromatic rings. The van der Waals surface area contributed by atoms with Crippen LogP contribution in [0, 0.1) is 10.1 Å². The van der Waals surface area contributed by atoms with Gasteiger partial charge in [0.1, 0.15) is 5.52 Å². The molecule has 96 valence electrons. The number of carbonyl (C=O) groups is 1. The summed E-state index contributed by atoms with van der Waals surface area (Å²) in [5.41, 5.74) is 2.26. The highest BCUT2D eigenvalue weighted by molar-refractivity contribution is 6.17. The quantitative estimate of drug-likeness (QED) is 0.392. The van der Waals surface area contributed by atoms with Crippen LogP contribution in [0.1, 0.15) is 16.1 Å². The largest absolute Gasteiger partial charge is 0.299 e. The molecule has 0 saturated heterocycles. The maximum Gasteiger partial charge on any atom is 0.293 e. The fourth-order valence-corrected chi connectivity index (χ4v) is 2.80. The lowest BCUT2D eigenvalue weighted by Gasteiger charge is -2.04. The van der Waals surface area contributed by atoms with Crippen LogP contribution in [0.15, 0.2) is 48.5 Å². The number of hydrogen-bond acceptors (Lipinski definition) is 3. The molecule has 1 aliphatic rings. The Labute approximate surface area is 113 Å². The van der Waals surface area contributed by atoms with Crippen molar-refractivity contribution in [3.63, 3.8) is 0 Å². The highest BCUT2D eigenvalue weighted by Gasteiger charge is 2.31. The number of carbonyl (C=O) groups excluding carboxylic acids is 1. The molecule has 0 atom stereocenters. The van der Waals surface area contributed by atoms with Crippen LogP contribution in [0.25, 0.3) is 16.6 Å². The SMILES string of the molecule is O=C1c2ccccc2-n2c1cc1cccc([N+](=O)[O-])c12. The Bertz CT molecular complexity index is 909. The molecule has 2 heterocycles. The Morgan fingerprint density at radius 3 is 2.65 bits per heavy atom. The number of ketones is 1. The molecule has 0 radical (unpaired) electrons. The Balaban J connectivity index is 2.21. The lowest BCUT2D eigenvalue weighted by molar-refractivity contribution is -0.383. The van der Waals surface area contributed by atoms with Crippen molar-refractivity contribution in [3.8, 4) is 5.69 Å². The molecule has 1 aromatic heterocycles. The van der Waals surface area contributed by atoms with Gasteiger partial charge in [0, 0.05) is 17.0 Å². The van der Waals surface area contributed by atoms with Crippen molar-refractivity contribution >= 4 is 22.4 Å². The number of nitro benzene ring substituents is 1. The van der Waals surface area contributed by atoms with Gasteiger partial charge >= 0.3 is 0 Å². The van der Waals surface area contributed by atoms with E-state index >= 15 is 0 Å². The van der Waals surface area contributed by atoms with Crippen molar-refractivity contribution in [1.82, 2.24) is 4.57 Å². The summed E-state index contributed by atoms with van der Waals surface area (Å²) in [6.45, 7) is 0. The molecule has 0 N–H and O–H groups in total. The number of hydrogen-bond donors (Lipinski definition) is 0. The van der Waals surface area contributed by atoms with E-state index in [1.807, 2.05) is 6.07 Å². The third-order valence-electron chi connectivity index (χ3n) is 3.62. The van der Waals surface area contributed by atoms with E-state index in [0.29, 0.717) is 27.8 Å². The van der Waals surface area contributed by atoms with Gasteiger partial charge in [-0.25, -0.2) is 0 Å². The molecule has 0 saturated carbocycles. The van der Waals surface area contributed by atoms with Crippen LogP contribution in [-0.4, -0.2) is 15.3 Å². The van der Waals surface area contributed by atoms with Gasteiger partial charge in [-0.1, -0.05) is 24.3 Å². The standard InChI is InChI=1S/C15H8N2O3/c18-15-10-5-1-2-6-11(10)16-13(15)8-9-4-3-7-12(14(9)16)17(19)20/h1-8H. The maximum absolute atomic E-state index is 12.3. The highest BCUT2D eigenvalue weighted by atomic mass is 16.6. The zero-order valence-corrected chi connectivity index (χ0v) is 10.2. The number of benzene rings is 2. The zero-order valence-electron chi connectivity index (χ0n) is 10.2. The van der Waals surface area contributed by atoms with E-state index in [1.165, 1.54) is 6.07 Å². The third-order valence-corrected chi connectivity index (χ3v) is 3.62. The summed E-state index contributed by atoms with van der Waals surface area (Å²) in [6, 6.07) is 13.7. The van der Waals surface area contributed by atoms with Crippen molar-refractivity contribution in [2.24, 2.45) is 0 Å². The van der Waals surface area contributed by atoms with Crippen LogP contribution in [-0.2, 0) is 0 Å². The van der Waals surface area contributed by atoms with E-state index in [2.05, 4.69) is 0 Å². The number of para-hydroxylation sites is 2. The molecule has 2 aromatic carbocycles. The van der Waals surface area contributed by atoms with Crippen molar-refractivity contribution in [2.75, 3.05) is 0 Å². The first-order valence-electron chi connectivity index (χ1n) is 6.11. The molecule has 0 aliphatic carbocycles. The monoisotopic (exact) mass is 264 g/mol. The van der Waals surface area contributed by atoms with Gasteiger partial charge < -0.3 is 0 Å². The summed E-state index contributed by atoms with van der Waals surface area (Å²) in [4.78, 5) is 23.1. The van der Waals surface area contributed by atoms with E-state index in [4.69, 9.17) is 0 Å². The van der Waals surface area contributed by atoms with E-state index in [1.54, 1.807) is 41.0 Å².